The lowest BCUT2D eigenvalue weighted by molar-refractivity contribution is 0.0437. The van der Waals surface area contributed by atoms with E-state index in [0.717, 1.165) is 10.9 Å². The number of benzene rings is 1. The summed E-state index contributed by atoms with van der Waals surface area (Å²) in [5, 5.41) is 14.8. The van der Waals surface area contributed by atoms with Gasteiger partial charge in [-0.25, -0.2) is 4.79 Å². The van der Waals surface area contributed by atoms with E-state index in [4.69, 9.17) is 9.47 Å². The topological polar surface area (TPSA) is 73.6 Å². The van der Waals surface area contributed by atoms with Crippen molar-refractivity contribution in [3.05, 3.63) is 23.9 Å². The number of methoxy groups -OCH3 is 1. The highest BCUT2D eigenvalue weighted by Gasteiger charge is 2.29. The normalized spacial score (nSPS) is 21.0. The molecule has 22 heavy (non-hydrogen) atoms. The molecule has 1 N–H and O–H groups in total. The van der Waals surface area contributed by atoms with Crippen LogP contribution in [0.2, 0.25) is 0 Å². The van der Waals surface area contributed by atoms with Crippen LogP contribution in [-0.2, 0) is 4.74 Å². The lowest BCUT2D eigenvalue weighted by Gasteiger charge is -2.31. The van der Waals surface area contributed by atoms with Gasteiger partial charge >= 0.3 is 5.97 Å². The fourth-order valence-corrected chi connectivity index (χ4v) is 2.65. The first-order valence-electron chi connectivity index (χ1n) is 7.44. The van der Waals surface area contributed by atoms with Crippen LogP contribution < -0.4 is 4.74 Å². The fraction of sp³-hybridized carbons (Fsp3) is 0.500. The molecule has 1 saturated carbocycles. The molecule has 1 fully saturated rings. The Morgan fingerprint density at radius 1 is 1.41 bits per heavy atom. The highest BCUT2D eigenvalue weighted by molar-refractivity contribution is 5.97. The maximum absolute atomic E-state index is 11.9. The number of carbonyl (C=O) groups is 1. The zero-order valence-corrected chi connectivity index (χ0v) is 12.9. The zero-order chi connectivity index (χ0) is 15.9. The van der Waals surface area contributed by atoms with Crippen LogP contribution in [0.4, 0.5) is 0 Å². The predicted octanol–water partition coefficient (Wildman–Crippen LogP) is 2.31. The molecule has 2 aromatic rings. The number of ether oxygens (including phenoxy) is 2. The number of esters is 1. The molecule has 118 valence electrons. The lowest BCUT2D eigenvalue weighted by atomic mass is 9.90. The molecule has 0 radical (unpaired) electrons. The Balaban J connectivity index is 2.02. The first-order valence-corrected chi connectivity index (χ1v) is 7.44. The zero-order valence-electron chi connectivity index (χ0n) is 12.9. The number of rotatable bonds is 4. The van der Waals surface area contributed by atoms with E-state index in [1.165, 1.54) is 7.11 Å². The average Bonchev–Trinajstić information content (AvgIpc) is 2.83. The van der Waals surface area contributed by atoms with Crippen molar-refractivity contribution in [3.63, 3.8) is 0 Å². The van der Waals surface area contributed by atoms with Crippen molar-refractivity contribution in [1.29, 1.82) is 0 Å². The highest BCUT2D eigenvalue weighted by atomic mass is 16.5. The van der Waals surface area contributed by atoms with Crippen LogP contribution in [0.3, 0.4) is 0 Å². The Hall–Kier alpha value is -2.08. The number of aromatic nitrogens is 2. The van der Waals surface area contributed by atoms with Gasteiger partial charge in [-0.1, -0.05) is 0 Å². The van der Waals surface area contributed by atoms with Gasteiger partial charge in [-0.05, 0) is 32.8 Å². The summed E-state index contributed by atoms with van der Waals surface area (Å²) in [6, 6.07) is 3.74. The standard InChI is InChI=1S/C16H20N2O4/c1-9(2)22-15-7-14-10(4-13(15)16(20)21-3)8-18(17-14)11-5-12(19)6-11/h4,7-9,11-12,19H,5-6H2,1-3H3/t11-,12-. The molecule has 1 heterocycles. The van der Waals surface area contributed by atoms with Gasteiger partial charge in [-0.2, -0.15) is 5.10 Å². The van der Waals surface area contributed by atoms with E-state index in [1.807, 2.05) is 24.7 Å². The minimum atomic E-state index is -0.427. The summed E-state index contributed by atoms with van der Waals surface area (Å²) in [7, 11) is 1.35. The highest BCUT2D eigenvalue weighted by Crippen LogP contribution is 2.34. The second kappa shape index (κ2) is 5.61. The van der Waals surface area contributed by atoms with Gasteiger partial charge in [0.25, 0.3) is 0 Å². The number of hydrogen-bond donors (Lipinski definition) is 1. The first-order chi connectivity index (χ1) is 10.5. The second-order valence-corrected chi connectivity index (χ2v) is 5.95. The Kier molecular flexibility index (Phi) is 3.78. The van der Waals surface area contributed by atoms with Gasteiger partial charge in [0, 0.05) is 17.6 Å². The summed E-state index contributed by atoms with van der Waals surface area (Å²) in [6.07, 6.45) is 3.05. The molecular weight excluding hydrogens is 284 g/mol. The molecule has 1 aromatic carbocycles. The monoisotopic (exact) mass is 304 g/mol. The third-order valence-electron chi connectivity index (χ3n) is 3.85. The number of carbonyl (C=O) groups excluding carboxylic acids is 1. The van der Waals surface area contributed by atoms with E-state index in [9.17, 15) is 9.90 Å². The van der Waals surface area contributed by atoms with Gasteiger partial charge in [-0.3, -0.25) is 4.68 Å². The molecule has 0 unspecified atom stereocenters. The van der Waals surface area contributed by atoms with E-state index >= 15 is 0 Å². The maximum atomic E-state index is 11.9. The van der Waals surface area contributed by atoms with Gasteiger partial charge in [0.05, 0.1) is 30.9 Å². The fourth-order valence-electron chi connectivity index (χ4n) is 2.65. The summed E-state index contributed by atoms with van der Waals surface area (Å²) in [4.78, 5) is 11.9. The quantitative estimate of drug-likeness (QED) is 0.877. The molecule has 1 aliphatic rings. The summed E-state index contributed by atoms with van der Waals surface area (Å²) in [6.45, 7) is 3.80. The van der Waals surface area contributed by atoms with Crippen molar-refractivity contribution in [2.75, 3.05) is 7.11 Å². The lowest BCUT2D eigenvalue weighted by Crippen LogP contribution is -2.30. The van der Waals surface area contributed by atoms with Crippen LogP contribution in [0.15, 0.2) is 18.3 Å². The minimum absolute atomic E-state index is 0.0512. The summed E-state index contributed by atoms with van der Waals surface area (Å²) < 4.78 is 12.4. The SMILES string of the molecule is COC(=O)c1cc2cn([C@H]3C[C@H](O)C3)nc2cc1OC(C)C. The van der Waals surface area contributed by atoms with Gasteiger partial charge in [-0.15, -0.1) is 0 Å². The van der Waals surface area contributed by atoms with Crippen LogP contribution >= 0.6 is 0 Å². The molecule has 0 amide bonds. The molecule has 0 spiro atoms. The smallest absolute Gasteiger partial charge is 0.341 e. The van der Waals surface area contributed by atoms with E-state index < -0.39 is 5.97 Å². The Labute approximate surface area is 128 Å². The van der Waals surface area contributed by atoms with Crippen LogP contribution in [0, 0.1) is 0 Å². The van der Waals surface area contributed by atoms with Gasteiger partial charge in [0.2, 0.25) is 0 Å². The molecule has 0 atom stereocenters. The third kappa shape index (κ3) is 2.66. The van der Waals surface area contributed by atoms with Crippen LogP contribution in [0.1, 0.15) is 43.1 Å². The number of hydrogen-bond acceptors (Lipinski definition) is 5. The molecule has 3 rings (SSSR count). The van der Waals surface area contributed by atoms with Crippen LogP contribution in [0.5, 0.6) is 5.75 Å². The van der Waals surface area contributed by atoms with Gasteiger partial charge < -0.3 is 14.6 Å². The molecule has 0 saturated heterocycles. The van der Waals surface area contributed by atoms with E-state index in [2.05, 4.69) is 5.10 Å². The molecule has 0 aliphatic heterocycles. The van der Waals surface area contributed by atoms with Crippen LogP contribution in [0.25, 0.3) is 10.9 Å². The number of nitrogens with zero attached hydrogens (tertiary/aromatic N) is 2. The Morgan fingerprint density at radius 3 is 2.73 bits per heavy atom. The van der Waals surface area contributed by atoms with Crippen molar-refractivity contribution < 1.29 is 19.4 Å². The predicted molar refractivity (Wildman–Crippen MR) is 81.1 cm³/mol. The third-order valence-corrected chi connectivity index (χ3v) is 3.85. The maximum Gasteiger partial charge on any atom is 0.341 e. The van der Waals surface area contributed by atoms with Gasteiger partial charge in [0.1, 0.15) is 11.3 Å². The summed E-state index contributed by atoms with van der Waals surface area (Å²) >= 11 is 0. The minimum Gasteiger partial charge on any atom is -0.490 e. The molecule has 6 heteroatoms. The second-order valence-electron chi connectivity index (χ2n) is 5.95. The van der Waals surface area contributed by atoms with Crippen molar-refractivity contribution in [3.8, 4) is 5.75 Å². The van der Waals surface area contributed by atoms with E-state index in [1.54, 1.807) is 12.1 Å². The molecule has 0 bridgehead atoms. The number of aliphatic hydroxyl groups excluding tert-OH is 1. The molecule has 1 aromatic heterocycles. The van der Waals surface area contributed by atoms with Crippen LogP contribution in [-0.4, -0.2) is 40.2 Å². The van der Waals surface area contributed by atoms with Crippen molar-refractivity contribution in [1.82, 2.24) is 9.78 Å². The van der Waals surface area contributed by atoms with Crippen molar-refractivity contribution in [2.24, 2.45) is 0 Å². The number of fused-ring (bicyclic) bond motifs is 1. The molecule has 6 nitrogen and oxygen atoms in total. The van der Waals surface area contributed by atoms with E-state index in [-0.39, 0.29) is 18.2 Å². The van der Waals surface area contributed by atoms with Gasteiger partial charge in [0.15, 0.2) is 0 Å². The van der Waals surface area contributed by atoms with E-state index in [0.29, 0.717) is 24.2 Å². The summed E-state index contributed by atoms with van der Waals surface area (Å²) in [5.41, 5.74) is 1.17. The molecular formula is C16H20N2O4. The number of aliphatic hydroxyl groups is 1. The van der Waals surface area contributed by atoms with Crippen molar-refractivity contribution in [2.45, 2.75) is 44.9 Å². The average molecular weight is 304 g/mol. The van der Waals surface area contributed by atoms with Crippen molar-refractivity contribution >= 4 is 16.9 Å². The molecule has 1 aliphatic carbocycles. The Morgan fingerprint density at radius 2 is 2.14 bits per heavy atom. The Bertz CT molecular complexity index is 701. The summed E-state index contributed by atoms with van der Waals surface area (Å²) in [5.74, 6) is 0.0533. The first kappa shape index (κ1) is 14.8. The largest absolute Gasteiger partial charge is 0.490 e.